The van der Waals surface area contributed by atoms with Gasteiger partial charge in [-0.25, -0.2) is 4.99 Å². The Bertz CT molecular complexity index is 721. The first-order chi connectivity index (χ1) is 13.0. The fraction of sp³-hybridized carbons (Fsp3) is 0.400. The molecule has 0 bridgehead atoms. The summed E-state index contributed by atoms with van der Waals surface area (Å²) in [5.41, 5.74) is 0.189. The summed E-state index contributed by atoms with van der Waals surface area (Å²) in [6.45, 7) is 5.29. The van der Waals surface area contributed by atoms with Crippen molar-refractivity contribution in [3.63, 3.8) is 0 Å². The number of benzene rings is 1. The van der Waals surface area contributed by atoms with Crippen molar-refractivity contribution in [2.75, 3.05) is 26.2 Å². The van der Waals surface area contributed by atoms with Crippen LogP contribution in [0.5, 0.6) is 0 Å². The van der Waals surface area contributed by atoms with E-state index in [-0.39, 0.29) is 36.4 Å². The van der Waals surface area contributed by atoms with Gasteiger partial charge in [0, 0.05) is 18.0 Å². The first-order valence-corrected chi connectivity index (χ1v) is 9.98. The zero-order valence-corrected chi connectivity index (χ0v) is 19.4. The van der Waals surface area contributed by atoms with E-state index in [1.165, 1.54) is 16.9 Å². The SMILES string of the molecule is CCNC(=NCC(=O)NCCc1ccccc1)NCC(C)(O)c1cccs1.I. The van der Waals surface area contributed by atoms with Gasteiger partial charge in [0.05, 0.1) is 6.54 Å². The molecule has 2 aromatic rings. The minimum absolute atomic E-state index is 0. The lowest BCUT2D eigenvalue weighted by Crippen LogP contribution is -2.44. The summed E-state index contributed by atoms with van der Waals surface area (Å²) >= 11 is 1.51. The molecular formula is C20H29IN4O2S. The molecule has 1 amide bonds. The van der Waals surface area contributed by atoms with E-state index in [9.17, 15) is 9.90 Å². The van der Waals surface area contributed by atoms with Crippen molar-refractivity contribution >= 4 is 47.2 Å². The number of aliphatic hydroxyl groups is 1. The highest BCUT2D eigenvalue weighted by molar-refractivity contribution is 14.0. The Hall–Kier alpha value is -1.65. The second-order valence-corrected chi connectivity index (χ2v) is 7.33. The van der Waals surface area contributed by atoms with Gasteiger partial charge in [-0.2, -0.15) is 0 Å². The monoisotopic (exact) mass is 516 g/mol. The maximum atomic E-state index is 12.0. The quantitative estimate of drug-likeness (QED) is 0.235. The molecule has 1 aromatic heterocycles. The molecule has 0 aliphatic heterocycles. The minimum Gasteiger partial charge on any atom is -0.383 e. The number of thiophene rings is 1. The molecule has 154 valence electrons. The molecule has 28 heavy (non-hydrogen) atoms. The Morgan fingerprint density at radius 3 is 2.54 bits per heavy atom. The molecule has 0 spiro atoms. The topological polar surface area (TPSA) is 85.8 Å². The number of nitrogens with one attached hydrogen (secondary N) is 3. The van der Waals surface area contributed by atoms with Crippen LogP contribution in [0.15, 0.2) is 52.8 Å². The summed E-state index contributed by atoms with van der Waals surface area (Å²) in [5.74, 6) is 0.376. The maximum absolute atomic E-state index is 12.0. The molecule has 0 aliphatic rings. The number of aliphatic imine (C=N–C) groups is 1. The zero-order valence-electron chi connectivity index (χ0n) is 16.3. The molecule has 1 unspecified atom stereocenters. The van der Waals surface area contributed by atoms with E-state index in [0.29, 0.717) is 25.6 Å². The largest absolute Gasteiger partial charge is 0.383 e. The van der Waals surface area contributed by atoms with Crippen LogP contribution in [-0.2, 0) is 16.8 Å². The number of rotatable bonds is 9. The zero-order chi connectivity index (χ0) is 19.5. The third kappa shape index (κ3) is 8.57. The molecule has 0 aliphatic carbocycles. The molecule has 6 nitrogen and oxygen atoms in total. The van der Waals surface area contributed by atoms with Gasteiger partial charge in [0.1, 0.15) is 12.1 Å². The van der Waals surface area contributed by atoms with Gasteiger partial charge in [-0.3, -0.25) is 4.79 Å². The predicted molar refractivity (Wildman–Crippen MR) is 126 cm³/mol. The lowest BCUT2D eigenvalue weighted by molar-refractivity contribution is -0.119. The highest BCUT2D eigenvalue weighted by atomic mass is 127. The van der Waals surface area contributed by atoms with E-state index >= 15 is 0 Å². The third-order valence-electron chi connectivity index (χ3n) is 3.96. The lowest BCUT2D eigenvalue weighted by Gasteiger charge is -2.23. The predicted octanol–water partition coefficient (Wildman–Crippen LogP) is 2.49. The van der Waals surface area contributed by atoms with Crippen LogP contribution in [0.3, 0.4) is 0 Å². The van der Waals surface area contributed by atoms with Crippen molar-refractivity contribution in [3.8, 4) is 0 Å². The molecule has 0 saturated heterocycles. The standard InChI is InChI=1S/C20H28N4O2S.HI/c1-3-21-19(24-15-20(2,26)17-10-7-13-27-17)23-14-18(25)22-12-11-16-8-5-4-6-9-16;/h4-10,13,26H,3,11-12,14-15H2,1-2H3,(H,22,25)(H2,21,23,24);1H. The van der Waals surface area contributed by atoms with Crippen molar-refractivity contribution in [3.05, 3.63) is 58.3 Å². The van der Waals surface area contributed by atoms with E-state index in [4.69, 9.17) is 0 Å². The molecule has 1 heterocycles. The van der Waals surface area contributed by atoms with E-state index in [0.717, 1.165) is 11.3 Å². The maximum Gasteiger partial charge on any atom is 0.241 e. The van der Waals surface area contributed by atoms with Gasteiger partial charge in [-0.1, -0.05) is 36.4 Å². The number of amides is 1. The Balaban J connectivity index is 0.00000392. The Labute approximate surface area is 187 Å². The summed E-state index contributed by atoms with van der Waals surface area (Å²) in [7, 11) is 0. The van der Waals surface area contributed by atoms with Crippen LogP contribution >= 0.6 is 35.3 Å². The van der Waals surface area contributed by atoms with Gasteiger partial charge in [0.25, 0.3) is 0 Å². The van der Waals surface area contributed by atoms with Crippen LogP contribution in [-0.4, -0.2) is 43.2 Å². The van der Waals surface area contributed by atoms with Gasteiger partial charge < -0.3 is 21.1 Å². The highest BCUT2D eigenvalue weighted by Crippen LogP contribution is 2.24. The number of nitrogens with zero attached hydrogens (tertiary/aromatic N) is 1. The summed E-state index contributed by atoms with van der Waals surface area (Å²) in [5, 5.41) is 21.6. The number of carbonyl (C=O) groups excluding carboxylic acids is 1. The molecule has 8 heteroatoms. The van der Waals surface area contributed by atoms with E-state index in [1.807, 2.05) is 54.8 Å². The van der Waals surface area contributed by atoms with E-state index < -0.39 is 5.60 Å². The number of hydrogen-bond acceptors (Lipinski definition) is 4. The highest BCUT2D eigenvalue weighted by Gasteiger charge is 2.24. The van der Waals surface area contributed by atoms with Crippen LogP contribution in [0.25, 0.3) is 0 Å². The molecule has 0 radical (unpaired) electrons. The summed E-state index contributed by atoms with van der Waals surface area (Å²) in [4.78, 5) is 17.2. The van der Waals surface area contributed by atoms with Gasteiger partial charge in [0.2, 0.25) is 5.91 Å². The summed E-state index contributed by atoms with van der Waals surface area (Å²) in [6.07, 6.45) is 0.790. The Kier molecular flexibility index (Phi) is 11.1. The first kappa shape index (κ1) is 24.4. The van der Waals surface area contributed by atoms with Gasteiger partial charge in [-0.05, 0) is 37.3 Å². The number of carbonyl (C=O) groups is 1. The van der Waals surface area contributed by atoms with Crippen LogP contribution in [0, 0.1) is 0 Å². The van der Waals surface area contributed by atoms with Crippen molar-refractivity contribution in [2.24, 2.45) is 4.99 Å². The summed E-state index contributed by atoms with van der Waals surface area (Å²) < 4.78 is 0. The van der Waals surface area contributed by atoms with Crippen molar-refractivity contribution in [2.45, 2.75) is 25.9 Å². The van der Waals surface area contributed by atoms with Crippen LogP contribution in [0.4, 0.5) is 0 Å². The first-order valence-electron chi connectivity index (χ1n) is 9.10. The number of hydrogen-bond donors (Lipinski definition) is 4. The van der Waals surface area contributed by atoms with Gasteiger partial charge in [0.15, 0.2) is 5.96 Å². The minimum atomic E-state index is -0.998. The fourth-order valence-electron chi connectivity index (χ4n) is 2.47. The number of guanidine groups is 1. The average Bonchev–Trinajstić information content (AvgIpc) is 3.21. The molecular weight excluding hydrogens is 487 g/mol. The molecule has 1 atom stereocenters. The van der Waals surface area contributed by atoms with Gasteiger partial charge in [-0.15, -0.1) is 35.3 Å². The Morgan fingerprint density at radius 1 is 1.14 bits per heavy atom. The normalized spacial score (nSPS) is 13.2. The lowest BCUT2D eigenvalue weighted by atomic mass is 10.1. The molecule has 0 fully saturated rings. The van der Waals surface area contributed by atoms with Crippen LogP contribution in [0.2, 0.25) is 0 Å². The smallest absolute Gasteiger partial charge is 0.241 e. The van der Waals surface area contributed by atoms with Gasteiger partial charge >= 0.3 is 0 Å². The number of halogens is 1. The molecule has 0 saturated carbocycles. The van der Waals surface area contributed by atoms with Crippen molar-refractivity contribution < 1.29 is 9.90 Å². The van der Waals surface area contributed by atoms with Crippen molar-refractivity contribution in [1.29, 1.82) is 0 Å². The summed E-state index contributed by atoms with van der Waals surface area (Å²) in [6, 6.07) is 13.8. The van der Waals surface area contributed by atoms with Crippen LogP contribution < -0.4 is 16.0 Å². The van der Waals surface area contributed by atoms with Crippen molar-refractivity contribution in [1.82, 2.24) is 16.0 Å². The van der Waals surface area contributed by atoms with E-state index in [2.05, 4.69) is 20.9 Å². The average molecular weight is 516 g/mol. The third-order valence-corrected chi connectivity index (χ3v) is 5.08. The van der Waals surface area contributed by atoms with E-state index in [1.54, 1.807) is 6.92 Å². The second-order valence-electron chi connectivity index (χ2n) is 6.39. The molecule has 4 N–H and O–H groups in total. The second kappa shape index (κ2) is 12.7. The Morgan fingerprint density at radius 2 is 1.89 bits per heavy atom. The fourth-order valence-corrected chi connectivity index (χ4v) is 3.25. The van der Waals surface area contributed by atoms with Crippen LogP contribution in [0.1, 0.15) is 24.3 Å². The molecule has 1 aromatic carbocycles. The molecule has 2 rings (SSSR count).